The molecule has 0 N–H and O–H groups in total. The fraction of sp³-hybridized carbons (Fsp3) is 0.458. The van der Waals surface area contributed by atoms with Crippen LogP contribution in [0.5, 0.6) is 5.75 Å². The van der Waals surface area contributed by atoms with Crippen molar-refractivity contribution >= 4 is 22.6 Å². The predicted molar refractivity (Wildman–Crippen MR) is 130 cm³/mol. The van der Waals surface area contributed by atoms with E-state index in [0.29, 0.717) is 16.9 Å². The topological polar surface area (TPSA) is 71.1 Å². The zero-order valence-corrected chi connectivity index (χ0v) is 22.1. The monoisotopic (exact) mass is 478 g/mol. The van der Waals surface area contributed by atoms with Crippen LogP contribution in [-0.4, -0.2) is 28.0 Å². The summed E-state index contributed by atoms with van der Waals surface area (Å²) in [5.41, 5.74) is 1.67. The minimum atomic E-state index is -3.99. The SMILES string of the molecule is CCOP(=O)(OCC)OC(C(=O)c1ccccc1)c1cccc(C(C)(C)C)c1O[SiH](C)C. The average Bonchev–Trinajstić information content (AvgIpc) is 2.72. The first-order valence-electron chi connectivity index (χ1n) is 11.0. The molecule has 32 heavy (non-hydrogen) atoms. The van der Waals surface area contributed by atoms with Crippen LogP contribution >= 0.6 is 7.82 Å². The lowest BCUT2D eigenvalue weighted by atomic mass is 9.84. The van der Waals surface area contributed by atoms with Gasteiger partial charge in [-0.25, -0.2) is 4.57 Å². The van der Waals surface area contributed by atoms with E-state index in [1.54, 1.807) is 44.2 Å². The third kappa shape index (κ3) is 6.87. The Kier molecular flexibility index (Phi) is 9.43. The Balaban J connectivity index is 2.71. The van der Waals surface area contributed by atoms with Crippen LogP contribution in [0.2, 0.25) is 13.1 Å². The van der Waals surface area contributed by atoms with Gasteiger partial charge in [0.15, 0.2) is 11.9 Å². The maximum Gasteiger partial charge on any atom is 0.475 e. The van der Waals surface area contributed by atoms with Gasteiger partial charge >= 0.3 is 7.82 Å². The smallest absolute Gasteiger partial charge is 0.475 e. The Bertz CT molecular complexity index is 929. The van der Waals surface area contributed by atoms with Crippen LogP contribution in [0.15, 0.2) is 48.5 Å². The van der Waals surface area contributed by atoms with Gasteiger partial charge in [0, 0.05) is 11.1 Å². The van der Waals surface area contributed by atoms with Crippen molar-refractivity contribution < 1.29 is 27.4 Å². The molecule has 1 atom stereocenters. The van der Waals surface area contributed by atoms with E-state index in [1.807, 2.05) is 18.2 Å². The van der Waals surface area contributed by atoms with Crippen molar-refractivity contribution in [2.75, 3.05) is 13.2 Å². The van der Waals surface area contributed by atoms with Crippen LogP contribution in [0, 0.1) is 0 Å². The molecule has 176 valence electrons. The number of hydrogen-bond donors (Lipinski definition) is 0. The molecule has 0 spiro atoms. The van der Waals surface area contributed by atoms with E-state index in [4.69, 9.17) is 18.0 Å². The second-order valence-corrected chi connectivity index (χ2v) is 12.6. The van der Waals surface area contributed by atoms with Crippen LogP contribution in [-0.2, 0) is 23.6 Å². The molecule has 0 fully saturated rings. The van der Waals surface area contributed by atoms with Gasteiger partial charge in [0.1, 0.15) is 5.75 Å². The summed E-state index contributed by atoms with van der Waals surface area (Å²) in [6.45, 7) is 14.0. The van der Waals surface area contributed by atoms with Gasteiger partial charge in [-0.2, -0.15) is 0 Å². The zero-order valence-electron chi connectivity index (χ0n) is 20.1. The molecule has 2 aromatic rings. The fourth-order valence-corrected chi connectivity index (χ4v) is 5.29. The number of phosphoric acid groups is 1. The maximum atomic E-state index is 13.6. The molecule has 2 rings (SSSR count). The highest BCUT2D eigenvalue weighted by atomic mass is 31.2. The van der Waals surface area contributed by atoms with Crippen LogP contribution in [0.1, 0.15) is 62.2 Å². The quantitative estimate of drug-likeness (QED) is 0.209. The number of para-hydroxylation sites is 1. The molecule has 0 aliphatic heterocycles. The highest BCUT2D eigenvalue weighted by molar-refractivity contribution is 7.48. The Morgan fingerprint density at radius 1 is 0.969 bits per heavy atom. The van der Waals surface area contributed by atoms with Gasteiger partial charge in [0.05, 0.1) is 13.2 Å². The molecule has 0 saturated heterocycles. The van der Waals surface area contributed by atoms with Crippen LogP contribution in [0.25, 0.3) is 0 Å². The molecular formula is C24H35O6PSi. The maximum absolute atomic E-state index is 13.6. The first kappa shape index (κ1) is 26.5. The van der Waals surface area contributed by atoms with Crippen molar-refractivity contribution in [2.24, 2.45) is 0 Å². The molecule has 2 aromatic carbocycles. The van der Waals surface area contributed by atoms with E-state index in [0.717, 1.165) is 5.56 Å². The normalized spacial score (nSPS) is 13.2. The number of benzene rings is 2. The van der Waals surface area contributed by atoms with Crippen molar-refractivity contribution in [3.63, 3.8) is 0 Å². The minimum absolute atomic E-state index is 0.119. The van der Waals surface area contributed by atoms with Crippen molar-refractivity contribution in [2.45, 2.75) is 59.2 Å². The van der Waals surface area contributed by atoms with Gasteiger partial charge in [0.2, 0.25) is 9.04 Å². The third-order valence-electron chi connectivity index (χ3n) is 4.59. The molecule has 6 nitrogen and oxygen atoms in total. The minimum Gasteiger partial charge on any atom is -0.547 e. The zero-order chi connectivity index (χ0) is 23.9. The second kappa shape index (κ2) is 11.4. The number of hydrogen-bond acceptors (Lipinski definition) is 6. The van der Waals surface area contributed by atoms with Crippen LogP contribution in [0.3, 0.4) is 0 Å². The summed E-state index contributed by atoms with van der Waals surface area (Å²) >= 11 is 0. The van der Waals surface area contributed by atoms with Crippen LogP contribution in [0.4, 0.5) is 0 Å². The van der Waals surface area contributed by atoms with Crippen molar-refractivity contribution in [1.29, 1.82) is 0 Å². The predicted octanol–water partition coefficient (Wildman–Crippen LogP) is 6.47. The van der Waals surface area contributed by atoms with E-state index in [2.05, 4.69) is 33.9 Å². The fourth-order valence-electron chi connectivity index (χ4n) is 3.26. The lowest BCUT2D eigenvalue weighted by molar-refractivity contribution is 0.0589. The molecule has 0 aliphatic rings. The summed E-state index contributed by atoms with van der Waals surface area (Å²) in [5.74, 6) is 0.266. The average molecular weight is 479 g/mol. The van der Waals surface area contributed by atoms with Gasteiger partial charge in [-0.3, -0.25) is 18.4 Å². The first-order chi connectivity index (χ1) is 15.0. The standard InChI is InChI=1S/C24H35O6PSi/c1-8-27-31(26,28-9-2)29-23(21(25)18-14-11-10-12-15-18)19-16-13-17-20(24(3,4)5)22(19)30-32(6)7/h10-17,23,32H,8-9H2,1-7H3. The number of Topliss-reactive ketones (excluding diaryl/α,β-unsaturated/α-hetero) is 1. The Morgan fingerprint density at radius 2 is 1.56 bits per heavy atom. The van der Waals surface area contributed by atoms with E-state index >= 15 is 0 Å². The number of phosphoric ester groups is 1. The number of carbonyl (C=O) groups excluding carboxylic acids is 1. The Labute approximate surface area is 193 Å². The molecule has 0 amide bonds. The van der Waals surface area contributed by atoms with E-state index in [9.17, 15) is 9.36 Å². The van der Waals surface area contributed by atoms with Crippen molar-refractivity contribution in [3.05, 3.63) is 65.2 Å². The van der Waals surface area contributed by atoms with Gasteiger partial charge in [-0.1, -0.05) is 69.3 Å². The van der Waals surface area contributed by atoms with Crippen LogP contribution < -0.4 is 4.43 Å². The molecule has 0 aliphatic carbocycles. The molecule has 0 bridgehead atoms. The number of rotatable bonds is 11. The summed E-state index contributed by atoms with van der Waals surface area (Å²) in [6.07, 6.45) is -1.22. The molecule has 8 heteroatoms. The lowest BCUT2D eigenvalue weighted by Gasteiger charge is -2.29. The first-order valence-corrected chi connectivity index (χ1v) is 15.2. The molecule has 0 aromatic heterocycles. The van der Waals surface area contributed by atoms with Gasteiger partial charge in [-0.05, 0) is 37.9 Å². The summed E-state index contributed by atoms with van der Waals surface area (Å²) in [7, 11) is -5.54. The Hall–Kier alpha value is -1.76. The van der Waals surface area contributed by atoms with E-state index in [-0.39, 0.29) is 24.4 Å². The molecular weight excluding hydrogens is 443 g/mol. The van der Waals surface area contributed by atoms with Gasteiger partial charge in [0.25, 0.3) is 0 Å². The van der Waals surface area contributed by atoms with Gasteiger partial charge in [-0.15, -0.1) is 0 Å². The third-order valence-corrected chi connectivity index (χ3v) is 6.92. The summed E-state index contributed by atoms with van der Waals surface area (Å²) < 4.78 is 36.3. The van der Waals surface area contributed by atoms with Gasteiger partial charge < -0.3 is 4.43 Å². The van der Waals surface area contributed by atoms with E-state index in [1.165, 1.54) is 0 Å². The molecule has 1 unspecified atom stereocenters. The van der Waals surface area contributed by atoms with Crippen molar-refractivity contribution in [3.8, 4) is 5.75 Å². The molecule has 0 radical (unpaired) electrons. The summed E-state index contributed by atoms with van der Waals surface area (Å²) in [5, 5.41) is 0. The summed E-state index contributed by atoms with van der Waals surface area (Å²) in [4.78, 5) is 13.6. The highest BCUT2D eigenvalue weighted by Crippen LogP contribution is 2.54. The molecule has 0 heterocycles. The summed E-state index contributed by atoms with van der Waals surface area (Å²) in [6, 6.07) is 14.4. The van der Waals surface area contributed by atoms with E-state index < -0.39 is 23.0 Å². The largest absolute Gasteiger partial charge is 0.547 e. The van der Waals surface area contributed by atoms with Crippen molar-refractivity contribution in [1.82, 2.24) is 0 Å². The Morgan fingerprint density at radius 3 is 2.06 bits per heavy atom. The lowest BCUT2D eigenvalue weighted by Crippen LogP contribution is -2.23. The number of carbonyl (C=O) groups is 1. The number of ketones is 1. The second-order valence-electron chi connectivity index (χ2n) is 8.64. The highest BCUT2D eigenvalue weighted by Gasteiger charge is 2.38. The molecule has 0 saturated carbocycles.